The molecular weight excluding hydrogens is 315 g/mol. The first-order valence-electron chi connectivity index (χ1n) is 5.71. The van der Waals surface area contributed by atoms with Crippen molar-refractivity contribution in [1.29, 1.82) is 0 Å². The van der Waals surface area contributed by atoms with Gasteiger partial charge in [-0.1, -0.05) is 34.1 Å². The maximum absolute atomic E-state index is 13.2. The Labute approximate surface area is 120 Å². The number of rotatable bonds is 3. The van der Waals surface area contributed by atoms with Crippen LogP contribution in [-0.4, -0.2) is 0 Å². The Balaban J connectivity index is 2.18. The highest BCUT2D eigenvalue weighted by molar-refractivity contribution is 9.10. The van der Waals surface area contributed by atoms with Crippen LogP contribution >= 0.6 is 27.5 Å². The number of benzene rings is 2. The van der Waals surface area contributed by atoms with Crippen molar-refractivity contribution in [3.63, 3.8) is 0 Å². The van der Waals surface area contributed by atoms with E-state index in [2.05, 4.69) is 15.9 Å². The quantitative estimate of drug-likeness (QED) is 0.660. The van der Waals surface area contributed by atoms with E-state index in [0.29, 0.717) is 6.42 Å². The van der Waals surface area contributed by atoms with E-state index < -0.39 is 0 Å². The summed E-state index contributed by atoms with van der Waals surface area (Å²) in [6.45, 7) is 1.95. The van der Waals surface area contributed by atoms with Crippen LogP contribution in [0.25, 0.3) is 0 Å². The van der Waals surface area contributed by atoms with E-state index in [1.54, 1.807) is 6.07 Å². The second-order valence-electron chi connectivity index (χ2n) is 4.30. The molecule has 0 fully saturated rings. The highest BCUT2D eigenvalue weighted by Crippen LogP contribution is 2.28. The first-order valence-corrected chi connectivity index (χ1v) is 6.94. The third-order valence-corrected chi connectivity index (χ3v) is 3.82. The van der Waals surface area contributed by atoms with Crippen LogP contribution in [0.1, 0.15) is 22.1 Å². The van der Waals surface area contributed by atoms with E-state index in [0.717, 1.165) is 21.2 Å². The number of hydrogen-bond acceptors (Lipinski definition) is 0. The summed E-state index contributed by atoms with van der Waals surface area (Å²) in [6, 6.07) is 12.8. The normalized spacial score (nSPS) is 12.4. The largest absolute Gasteiger partial charge is 0.207 e. The average molecular weight is 328 g/mol. The Kier molecular flexibility index (Phi) is 4.41. The maximum atomic E-state index is 13.2. The zero-order valence-electron chi connectivity index (χ0n) is 9.96. The zero-order chi connectivity index (χ0) is 13.1. The fourth-order valence-electron chi connectivity index (χ4n) is 1.89. The number of alkyl halides is 1. The summed E-state index contributed by atoms with van der Waals surface area (Å²) in [4.78, 5) is 0. The van der Waals surface area contributed by atoms with Gasteiger partial charge in [0, 0.05) is 4.47 Å². The third kappa shape index (κ3) is 3.33. The molecule has 0 aliphatic carbocycles. The van der Waals surface area contributed by atoms with Crippen molar-refractivity contribution in [2.75, 3.05) is 0 Å². The Morgan fingerprint density at radius 2 is 1.83 bits per heavy atom. The summed E-state index contributed by atoms with van der Waals surface area (Å²) >= 11 is 9.77. The first-order chi connectivity index (χ1) is 8.56. The molecule has 2 aromatic rings. The smallest absolute Gasteiger partial charge is 0.123 e. The summed E-state index contributed by atoms with van der Waals surface area (Å²) in [5.74, 6) is -0.239. The summed E-state index contributed by atoms with van der Waals surface area (Å²) in [5, 5.41) is -0.207. The summed E-state index contributed by atoms with van der Waals surface area (Å²) < 4.78 is 14.3. The van der Waals surface area contributed by atoms with Crippen molar-refractivity contribution >= 4 is 27.5 Å². The number of aryl methyl sites for hydroxylation is 1. The monoisotopic (exact) mass is 326 g/mol. The Hall–Kier alpha value is -0.860. The van der Waals surface area contributed by atoms with Gasteiger partial charge in [-0.2, -0.15) is 0 Å². The minimum absolute atomic E-state index is 0.207. The van der Waals surface area contributed by atoms with Gasteiger partial charge in [-0.15, -0.1) is 11.6 Å². The number of hydrogen-bond donors (Lipinski definition) is 0. The molecule has 0 spiro atoms. The van der Waals surface area contributed by atoms with E-state index >= 15 is 0 Å². The van der Waals surface area contributed by atoms with Crippen molar-refractivity contribution < 1.29 is 4.39 Å². The van der Waals surface area contributed by atoms with E-state index in [1.807, 2.05) is 31.2 Å². The van der Waals surface area contributed by atoms with Gasteiger partial charge >= 0.3 is 0 Å². The highest BCUT2D eigenvalue weighted by Gasteiger charge is 2.12. The molecule has 0 saturated carbocycles. The molecule has 0 aromatic heterocycles. The van der Waals surface area contributed by atoms with Crippen LogP contribution in [0.2, 0.25) is 0 Å². The van der Waals surface area contributed by atoms with Crippen LogP contribution in [0.5, 0.6) is 0 Å². The van der Waals surface area contributed by atoms with Gasteiger partial charge in [0.05, 0.1) is 5.38 Å². The Morgan fingerprint density at radius 1 is 1.17 bits per heavy atom. The molecule has 0 N–H and O–H groups in total. The molecule has 0 heterocycles. The second-order valence-corrected chi connectivity index (χ2v) is 5.74. The molecule has 0 nitrogen and oxygen atoms in total. The maximum Gasteiger partial charge on any atom is 0.123 e. The standard InChI is InChI=1S/C15H13BrClF/c1-10-2-7-13(18)9-14(10)15(17)8-11-3-5-12(16)6-4-11/h2-7,9,15H,8H2,1H3. The van der Waals surface area contributed by atoms with Crippen LogP contribution in [0, 0.1) is 12.7 Å². The Morgan fingerprint density at radius 3 is 2.50 bits per heavy atom. The topological polar surface area (TPSA) is 0 Å². The predicted molar refractivity (Wildman–Crippen MR) is 77.6 cm³/mol. The molecule has 0 bridgehead atoms. The SMILES string of the molecule is Cc1ccc(F)cc1C(Cl)Cc1ccc(Br)cc1. The van der Waals surface area contributed by atoms with Gasteiger partial charge in [0.25, 0.3) is 0 Å². The molecular formula is C15H13BrClF. The van der Waals surface area contributed by atoms with Crippen LogP contribution in [0.4, 0.5) is 4.39 Å². The van der Waals surface area contributed by atoms with Gasteiger partial charge in [0.15, 0.2) is 0 Å². The lowest BCUT2D eigenvalue weighted by Gasteiger charge is -2.13. The molecule has 18 heavy (non-hydrogen) atoms. The van der Waals surface area contributed by atoms with E-state index in [1.165, 1.54) is 12.1 Å². The van der Waals surface area contributed by atoms with Crippen molar-refractivity contribution in [2.24, 2.45) is 0 Å². The van der Waals surface area contributed by atoms with Crippen LogP contribution in [0.15, 0.2) is 46.9 Å². The zero-order valence-corrected chi connectivity index (χ0v) is 12.3. The fraction of sp³-hybridized carbons (Fsp3) is 0.200. The molecule has 2 aromatic carbocycles. The Bertz CT molecular complexity index is 537. The van der Waals surface area contributed by atoms with Gasteiger partial charge in [-0.05, 0) is 54.3 Å². The van der Waals surface area contributed by atoms with E-state index in [9.17, 15) is 4.39 Å². The summed E-state index contributed by atoms with van der Waals surface area (Å²) in [5.41, 5.74) is 3.02. The van der Waals surface area contributed by atoms with Gasteiger partial charge < -0.3 is 0 Å². The lowest BCUT2D eigenvalue weighted by atomic mass is 10.00. The summed E-state index contributed by atoms with van der Waals surface area (Å²) in [7, 11) is 0. The predicted octanol–water partition coefficient (Wildman–Crippen LogP) is 5.42. The molecule has 0 amide bonds. The molecule has 3 heteroatoms. The third-order valence-electron chi connectivity index (χ3n) is 2.91. The molecule has 0 aliphatic heterocycles. The second kappa shape index (κ2) is 5.85. The highest BCUT2D eigenvalue weighted by atomic mass is 79.9. The first kappa shape index (κ1) is 13.6. The average Bonchev–Trinajstić information content (AvgIpc) is 2.35. The van der Waals surface area contributed by atoms with Gasteiger partial charge in [-0.3, -0.25) is 0 Å². The lowest BCUT2D eigenvalue weighted by Crippen LogP contribution is -1.99. The molecule has 94 valence electrons. The number of halogens is 3. The van der Waals surface area contributed by atoms with E-state index in [-0.39, 0.29) is 11.2 Å². The van der Waals surface area contributed by atoms with Gasteiger partial charge in [0.1, 0.15) is 5.82 Å². The van der Waals surface area contributed by atoms with Gasteiger partial charge in [-0.25, -0.2) is 4.39 Å². The molecule has 0 radical (unpaired) electrons. The minimum Gasteiger partial charge on any atom is -0.207 e. The van der Waals surface area contributed by atoms with Crippen molar-refractivity contribution in [1.82, 2.24) is 0 Å². The minimum atomic E-state index is -0.239. The van der Waals surface area contributed by atoms with E-state index in [4.69, 9.17) is 11.6 Å². The van der Waals surface area contributed by atoms with Crippen molar-refractivity contribution in [3.05, 3.63) is 69.4 Å². The summed E-state index contributed by atoms with van der Waals surface area (Å²) in [6.07, 6.45) is 0.694. The van der Waals surface area contributed by atoms with Crippen molar-refractivity contribution in [2.45, 2.75) is 18.7 Å². The van der Waals surface area contributed by atoms with Crippen molar-refractivity contribution in [3.8, 4) is 0 Å². The molecule has 2 rings (SSSR count). The fourth-order valence-corrected chi connectivity index (χ4v) is 2.56. The van der Waals surface area contributed by atoms with Crippen LogP contribution < -0.4 is 0 Å². The lowest BCUT2D eigenvalue weighted by molar-refractivity contribution is 0.624. The van der Waals surface area contributed by atoms with Gasteiger partial charge in [0.2, 0.25) is 0 Å². The molecule has 1 atom stereocenters. The molecule has 1 unspecified atom stereocenters. The van der Waals surface area contributed by atoms with Crippen LogP contribution in [-0.2, 0) is 6.42 Å². The van der Waals surface area contributed by atoms with Crippen LogP contribution in [0.3, 0.4) is 0 Å². The molecule has 0 aliphatic rings. The molecule has 0 saturated heterocycles.